The van der Waals surface area contributed by atoms with Gasteiger partial charge < -0.3 is 14.9 Å². The van der Waals surface area contributed by atoms with E-state index in [1.165, 1.54) is 11.0 Å². The van der Waals surface area contributed by atoms with Crippen molar-refractivity contribution >= 4 is 17.3 Å². The maximum atomic E-state index is 12.7. The number of hydrogen-bond acceptors (Lipinski definition) is 5. The number of benzene rings is 1. The van der Waals surface area contributed by atoms with E-state index in [1.807, 2.05) is 4.90 Å². The maximum absolute atomic E-state index is 12.7. The van der Waals surface area contributed by atoms with Crippen LogP contribution in [0.5, 0.6) is 0 Å². The Labute approximate surface area is 147 Å². The Morgan fingerprint density at radius 2 is 1.92 bits per heavy atom. The Kier molecular flexibility index (Phi) is 4.94. The van der Waals surface area contributed by atoms with Crippen molar-refractivity contribution in [3.05, 3.63) is 33.9 Å². The predicted octanol–water partition coefficient (Wildman–Crippen LogP) is 2.57. The van der Waals surface area contributed by atoms with Gasteiger partial charge in [-0.2, -0.15) is 0 Å². The van der Waals surface area contributed by atoms with Crippen molar-refractivity contribution in [2.24, 2.45) is 0 Å². The van der Waals surface area contributed by atoms with Crippen LogP contribution < -0.4 is 4.90 Å². The lowest BCUT2D eigenvalue weighted by Crippen LogP contribution is -2.42. The van der Waals surface area contributed by atoms with Gasteiger partial charge in [0, 0.05) is 38.3 Å². The molecule has 0 spiro atoms. The standard InChI is InChI=1S/C18H25N3O4/c1-19(13-18(23)8-2-3-9-18)17(22)14-6-7-15(16(12-14)21(24)25)20-10-4-5-11-20/h6-7,12,23H,2-5,8-11,13H2,1H3. The van der Waals surface area contributed by atoms with Crippen LogP contribution in [0.15, 0.2) is 18.2 Å². The van der Waals surface area contributed by atoms with Gasteiger partial charge in [-0.3, -0.25) is 14.9 Å². The van der Waals surface area contributed by atoms with Gasteiger partial charge in [0.2, 0.25) is 0 Å². The Morgan fingerprint density at radius 1 is 1.28 bits per heavy atom. The fourth-order valence-corrected chi connectivity index (χ4v) is 3.95. The van der Waals surface area contributed by atoms with Crippen molar-refractivity contribution in [2.45, 2.75) is 44.1 Å². The summed E-state index contributed by atoms with van der Waals surface area (Å²) in [7, 11) is 1.64. The third-order valence-corrected chi connectivity index (χ3v) is 5.28. The van der Waals surface area contributed by atoms with E-state index in [4.69, 9.17) is 0 Å². The first kappa shape index (κ1) is 17.7. The molecule has 0 radical (unpaired) electrons. The van der Waals surface area contributed by atoms with Crippen molar-refractivity contribution in [3.63, 3.8) is 0 Å². The second kappa shape index (κ2) is 7.00. The van der Waals surface area contributed by atoms with E-state index in [0.29, 0.717) is 24.1 Å². The minimum absolute atomic E-state index is 0.0271. The third kappa shape index (κ3) is 3.76. The number of likely N-dealkylation sites (N-methyl/N-ethyl adjacent to an activating group) is 1. The number of nitro groups is 1. The van der Waals surface area contributed by atoms with Crippen molar-refractivity contribution in [3.8, 4) is 0 Å². The third-order valence-electron chi connectivity index (χ3n) is 5.28. The molecule has 2 aliphatic rings. The molecule has 1 N–H and O–H groups in total. The van der Waals surface area contributed by atoms with Crippen LogP contribution in [-0.2, 0) is 0 Å². The second-order valence-electron chi connectivity index (χ2n) is 7.25. The number of anilines is 1. The molecule has 0 bridgehead atoms. The molecule has 1 aliphatic heterocycles. The van der Waals surface area contributed by atoms with E-state index in [1.54, 1.807) is 19.2 Å². The number of nitro benzene ring substituents is 1. The van der Waals surface area contributed by atoms with Crippen molar-refractivity contribution in [2.75, 3.05) is 31.6 Å². The maximum Gasteiger partial charge on any atom is 0.293 e. The number of nitrogens with zero attached hydrogens (tertiary/aromatic N) is 3. The van der Waals surface area contributed by atoms with E-state index in [9.17, 15) is 20.0 Å². The highest BCUT2D eigenvalue weighted by molar-refractivity contribution is 5.95. The van der Waals surface area contributed by atoms with Crippen LogP contribution >= 0.6 is 0 Å². The van der Waals surface area contributed by atoms with Crippen LogP contribution in [0.2, 0.25) is 0 Å². The zero-order valence-electron chi connectivity index (χ0n) is 14.6. The number of carbonyl (C=O) groups is 1. The average Bonchev–Trinajstić information content (AvgIpc) is 3.25. The molecule has 1 aromatic rings. The number of amides is 1. The van der Waals surface area contributed by atoms with Crippen LogP contribution in [-0.4, -0.2) is 53.1 Å². The lowest BCUT2D eigenvalue weighted by molar-refractivity contribution is -0.384. The van der Waals surface area contributed by atoms with Crippen LogP contribution in [0.1, 0.15) is 48.9 Å². The van der Waals surface area contributed by atoms with Gasteiger partial charge in [0.05, 0.1) is 10.5 Å². The molecule has 0 unspecified atom stereocenters. The lowest BCUT2D eigenvalue weighted by atomic mass is 10.0. The molecule has 0 atom stereocenters. The number of hydrogen-bond donors (Lipinski definition) is 1. The van der Waals surface area contributed by atoms with Gasteiger partial charge in [-0.1, -0.05) is 12.8 Å². The summed E-state index contributed by atoms with van der Waals surface area (Å²) >= 11 is 0. The molecule has 25 heavy (non-hydrogen) atoms. The van der Waals surface area contributed by atoms with Gasteiger partial charge in [0.1, 0.15) is 5.69 Å². The molecule has 1 aliphatic carbocycles. The summed E-state index contributed by atoms with van der Waals surface area (Å²) in [6, 6.07) is 4.69. The smallest absolute Gasteiger partial charge is 0.293 e. The summed E-state index contributed by atoms with van der Waals surface area (Å²) in [5, 5.41) is 21.9. The fourth-order valence-electron chi connectivity index (χ4n) is 3.95. The monoisotopic (exact) mass is 347 g/mol. The van der Waals surface area contributed by atoms with Gasteiger partial charge in [-0.15, -0.1) is 0 Å². The summed E-state index contributed by atoms with van der Waals surface area (Å²) in [6.45, 7) is 1.87. The highest BCUT2D eigenvalue weighted by atomic mass is 16.6. The molecule has 3 rings (SSSR count). The van der Waals surface area contributed by atoms with Crippen molar-refractivity contribution in [1.82, 2.24) is 4.90 Å². The summed E-state index contributed by atoms with van der Waals surface area (Å²) < 4.78 is 0. The second-order valence-corrected chi connectivity index (χ2v) is 7.25. The first-order valence-electron chi connectivity index (χ1n) is 8.91. The zero-order chi connectivity index (χ0) is 18.0. The summed E-state index contributed by atoms with van der Waals surface area (Å²) in [5.74, 6) is -0.295. The molecule has 1 saturated heterocycles. The highest BCUT2D eigenvalue weighted by Crippen LogP contribution is 2.33. The molecule has 7 nitrogen and oxygen atoms in total. The van der Waals surface area contributed by atoms with E-state index in [2.05, 4.69) is 0 Å². The minimum atomic E-state index is -0.828. The summed E-state index contributed by atoms with van der Waals surface area (Å²) in [5.41, 5.74) is 0.0156. The molecule has 1 amide bonds. The van der Waals surface area contributed by atoms with Crippen molar-refractivity contribution in [1.29, 1.82) is 0 Å². The quantitative estimate of drug-likeness (QED) is 0.653. The molecule has 7 heteroatoms. The SMILES string of the molecule is CN(CC1(O)CCCC1)C(=O)c1ccc(N2CCCC2)c([N+](=O)[O-])c1. The first-order chi connectivity index (χ1) is 11.9. The van der Waals surface area contributed by atoms with E-state index in [-0.39, 0.29) is 18.1 Å². The largest absolute Gasteiger partial charge is 0.388 e. The number of carbonyl (C=O) groups excluding carboxylic acids is 1. The molecule has 136 valence electrons. The molecular weight excluding hydrogens is 322 g/mol. The highest BCUT2D eigenvalue weighted by Gasteiger charge is 2.34. The molecule has 0 aromatic heterocycles. The zero-order valence-corrected chi connectivity index (χ0v) is 14.6. The molecular formula is C18H25N3O4. The lowest BCUT2D eigenvalue weighted by Gasteiger charge is -2.28. The van der Waals surface area contributed by atoms with Gasteiger partial charge in [0.25, 0.3) is 11.6 Å². The van der Waals surface area contributed by atoms with Crippen LogP contribution in [0.25, 0.3) is 0 Å². The molecule has 2 fully saturated rings. The average molecular weight is 347 g/mol. The molecule has 1 saturated carbocycles. The van der Waals surface area contributed by atoms with E-state index in [0.717, 1.165) is 38.8 Å². The van der Waals surface area contributed by atoms with Gasteiger partial charge >= 0.3 is 0 Å². The Hall–Kier alpha value is -2.15. The van der Waals surface area contributed by atoms with Crippen molar-refractivity contribution < 1.29 is 14.8 Å². The Morgan fingerprint density at radius 3 is 2.52 bits per heavy atom. The van der Waals surface area contributed by atoms with Crippen LogP contribution in [0.3, 0.4) is 0 Å². The van der Waals surface area contributed by atoms with Gasteiger partial charge in [-0.05, 0) is 37.8 Å². The molecule has 1 aromatic carbocycles. The topological polar surface area (TPSA) is 86.9 Å². The normalized spacial score (nSPS) is 19.2. The predicted molar refractivity (Wildman–Crippen MR) is 94.9 cm³/mol. The van der Waals surface area contributed by atoms with Gasteiger partial charge in [0.15, 0.2) is 0 Å². The van der Waals surface area contributed by atoms with E-state index >= 15 is 0 Å². The van der Waals surface area contributed by atoms with Gasteiger partial charge in [-0.25, -0.2) is 0 Å². The van der Waals surface area contributed by atoms with Crippen LogP contribution in [0.4, 0.5) is 11.4 Å². The summed E-state index contributed by atoms with van der Waals surface area (Å²) in [4.78, 5) is 27.2. The van der Waals surface area contributed by atoms with E-state index < -0.39 is 10.5 Å². The first-order valence-corrected chi connectivity index (χ1v) is 8.91. The Bertz CT molecular complexity index is 664. The summed E-state index contributed by atoms with van der Waals surface area (Å²) in [6.07, 6.45) is 5.37. The minimum Gasteiger partial charge on any atom is -0.388 e. The number of rotatable bonds is 5. The van der Waals surface area contributed by atoms with Crippen LogP contribution in [0, 0.1) is 10.1 Å². The fraction of sp³-hybridized carbons (Fsp3) is 0.611. The Balaban J connectivity index is 1.80. The number of aliphatic hydroxyl groups is 1. The molecule has 1 heterocycles.